The first-order chi connectivity index (χ1) is 3.91. The van der Waals surface area contributed by atoms with Crippen molar-refractivity contribution in [1.29, 1.82) is 0 Å². The Morgan fingerprint density at radius 3 is 3.00 bits per heavy atom. The predicted octanol–water partition coefficient (Wildman–Crippen LogP) is 0.753. The molecule has 0 aliphatic rings. The van der Waals surface area contributed by atoms with E-state index in [4.69, 9.17) is 4.74 Å². The predicted molar refractivity (Wildman–Crippen MR) is 40.0 cm³/mol. The molecule has 0 rings (SSSR count). The fourth-order valence-corrected chi connectivity index (χ4v) is 1.32. The van der Waals surface area contributed by atoms with Gasteiger partial charge in [-0.05, 0) is 6.42 Å². The quantitative estimate of drug-likeness (QED) is 0.394. The lowest BCUT2D eigenvalue weighted by Gasteiger charge is -1.93. The average molecular weight is 130 g/mol. The summed E-state index contributed by atoms with van der Waals surface area (Å²) in [6, 6.07) is 1.34. The van der Waals surface area contributed by atoms with Crippen LogP contribution in [0.2, 0.25) is 6.04 Å². The van der Waals surface area contributed by atoms with E-state index in [2.05, 4.69) is 12.3 Å². The summed E-state index contributed by atoms with van der Waals surface area (Å²) in [6.45, 7) is 4.60. The summed E-state index contributed by atoms with van der Waals surface area (Å²) in [4.78, 5) is 0. The van der Waals surface area contributed by atoms with Crippen molar-refractivity contribution in [3.05, 3.63) is 12.3 Å². The number of hydrogen-bond donors (Lipinski definition) is 0. The Hall–Kier alpha value is -0.0831. The van der Waals surface area contributed by atoms with Crippen molar-refractivity contribution >= 4 is 9.52 Å². The van der Waals surface area contributed by atoms with Gasteiger partial charge >= 0.3 is 0 Å². The Morgan fingerprint density at radius 2 is 2.50 bits per heavy atom. The molecule has 0 unspecified atom stereocenters. The van der Waals surface area contributed by atoms with Gasteiger partial charge in [0.15, 0.2) is 0 Å². The SMILES string of the molecule is C=C[SiH2]CCCOC. The first kappa shape index (κ1) is 7.92. The highest BCUT2D eigenvalue weighted by Crippen LogP contribution is 1.87. The van der Waals surface area contributed by atoms with E-state index < -0.39 is 0 Å². The van der Waals surface area contributed by atoms with Gasteiger partial charge in [-0.3, -0.25) is 0 Å². The van der Waals surface area contributed by atoms with Gasteiger partial charge in [0.25, 0.3) is 0 Å². The Bertz CT molecular complexity index is 54.5. The third kappa shape index (κ3) is 5.92. The van der Waals surface area contributed by atoms with Gasteiger partial charge in [0.2, 0.25) is 0 Å². The van der Waals surface area contributed by atoms with Crippen molar-refractivity contribution in [2.45, 2.75) is 12.5 Å². The van der Waals surface area contributed by atoms with E-state index in [0.717, 1.165) is 6.61 Å². The first-order valence-corrected chi connectivity index (χ1v) is 4.83. The van der Waals surface area contributed by atoms with E-state index in [1.807, 2.05) is 0 Å². The minimum Gasteiger partial charge on any atom is -0.385 e. The van der Waals surface area contributed by atoms with Crippen LogP contribution in [0.5, 0.6) is 0 Å². The van der Waals surface area contributed by atoms with Crippen LogP contribution < -0.4 is 0 Å². The highest BCUT2D eigenvalue weighted by atomic mass is 28.2. The molecular formula is C6H14OSi. The van der Waals surface area contributed by atoms with Crippen LogP contribution in [0.4, 0.5) is 0 Å². The van der Waals surface area contributed by atoms with E-state index in [1.165, 1.54) is 12.5 Å². The number of rotatable bonds is 5. The Balaban J connectivity index is 2.62. The molecule has 0 aromatic rings. The lowest BCUT2D eigenvalue weighted by atomic mass is 10.5. The van der Waals surface area contributed by atoms with Gasteiger partial charge in [-0.2, -0.15) is 0 Å². The second-order valence-electron chi connectivity index (χ2n) is 1.78. The normalized spacial score (nSPS) is 10.6. The van der Waals surface area contributed by atoms with Crippen LogP contribution in [-0.4, -0.2) is 23.2 Å². The Kier molecular flexibility index (Phi) is 6.85. The van der Waals surface area contributed by atoms with Gasteiger partial charge in [-0.25, -0.2) is 0 Å². The van der Waals surface area contributed by atoms with Crippen LogP contribution in [0, 0.1) is 0 Å². The van der Waals surface area contributed by atoms with E-state index in [9.17, 15) is 0 Å². The summed E-state index contributed by atoms with van der Waals surface area (Å²) >= 11 is 0. The first-order valence-electron chi connectivity index (χ1n) is 3.01. The van der Waals surface area contributed by atoms with Gasteiger partial charge in [-0.15, -0.1) is 12.3 Å². The summed E-state index contributed by atoms with van der Waals surface area (Å²) in [5.41, 5.74) is 2.08. The summed E-state index contributed by atoms with van der Waals surface area (Å²) < 4.78 is 4.88. The van der Waals surface area contributed by atoms with Crippen molar-refractivity contribution in [1.82, 2.24) is 0 Å². The molecule has 0 heterocycles. The Labute approximate surface area is 53.6 Å². The standard InChI is InChI=1S/C6H14OSi/c1-3-8-6-4-5-7-2/h3H,1,4-6,8H2,2H3. The zero-order valence-corrected chi connectivity index (χ0v) is 6.94. The number of ether oxygens (including phenoxy) is 1. The van der Waals surface area contributed by atoms with Crippen molar-refractivity contribution < 1.29 is 4.74 Å². The van der Waals surface area contributed by atoms with Gasteiger partial charge in [0.05, 0.1) is 0 Å². The lowest BCUT2D eigenvalue weighted by molar-refractivity contribution is 0.199. The number of hydrogen-bond acceptors (Lipinski definition) is 1. The van der Waals surface area contributed by atoms with Gasteiger partial charge in [-0.1, -0.05) is 6.04 Å². The molecule has 0 aliphatic heterocycles. The third-order valence-corrected chi connectivity index (χ3v) is 2.32. The third-order valence-electron chi connectivity index (χ3n) is 1.01. The van der Waals surface area contributed by atoms with Gasteiger partial charge in [0.1, 0.15) is 0 Å². The van der Waals surface area contributed by atoms with E-state index in [-0.39, 0.29) is 9.52 Å². The average Bonchev–Trinajstić information content (AvgIpc) is 1.81. The fourth-order valence-electron chi connectivity index (χ4n) is 0.535. The molecule has 48 valence electrons. The maximum Gasteiger partial charge on any atom is 0.0459 e. The molecule has 1 nitrogen and oxygen atoms in total. The maximum absolute atomic E-state index is 4.88. The second-order valence-corrected chi connectivity index (χ2v) is 3.64. The summed E-state index contributed by atoms with van der Waals surface area (Å²) in [6.07, 6.45) is 1.22. The monoisotopic (exact) mass is 130 g/mol. The van der Waals surface area contributed by atoms with Crippen LogP contribution in [0.15, 0.2) is 12.3 Å². The zero-order valence-electron chi connectivity index (χ0n) is 5.52. The molecule has 0 aromatic carbocycles. The molecule has 0 saturated heterocycles. The molecule has 0 saturated carbocycles. The van der Waals surface area contributed by atoms with Crippen LogP contribution >= 0.6 is 0 Å². The molecule has 0 amide bonds. The van der Waals surface area contributed by atoms with E-state index in [1.54, 1.807) is 7.11 Å². The largest absolute Gasteiger partial charge is 0.385 e. The molecule has 2 heteroatoms. The van der Waals surface area contributed by atoms with Crippen molar-refractivity contribution in [2.24, 2.45) is 0 Å². The molecule has 0 aliphatic carbocycles. The van der Waals surface area contributed by atoms with Crippen molar-refractivity contribution in [3.63, 3.8) is 0 Å². The molecule has 0 radical (unpaired) electrons. The smallest absolute Gasteiger partial charge is 0.0459 e. The molecule has 0 spiro atoms. The summed E-state index contributed by atoms with van der Waals surface area (Å²) in [5, 5.41) is 0. The van der Waals surface area contributed by atoms with Crippen LogP contribution in [0.1, 0.15) is 6.42 Å². The van der Waals surface area contributed by atoms with E-state index in [0.29, 0.717) is 0 Å². The van der Waals surface area contributed by atoms with Gasteiger partial charge in [0, 0.05) is 23.2 Å². The summed E-state index contributed by atoms with van der Waals surface area (Å²) in [5.74, 6) is 0. The topological polar surface area (TPSA) is 9.23 Å². The van der Waals surface area contributed by atoms with Crippen molar-refractivity contribution in [3.8, 4) is 0 Å². The Morgan fingerprint density at radius 1 is 1.75 bits per heavy atom. The highest BCUT2D eigenvalue weighted by Gasteiger charge is 1.82. The van der Waals surface area contributed by atoms with Crippen LogP contribution in [0.3, 0.4) is 0 Å². The van der Waals surface area contributed by atoms with Crippen LogP contribution in [-0.2, 0) is 4.74 Å². The molecule has 0 aromatic heterocycles. The maximum atomic E-state index is 4.88. The van der Waals surface area contributed by atoms with Crippen LogP contribution in [0.25, 0.3) is 0 Å². The minimum atomic E-state index is 0.0853. The van der Waals surface area contributed by atoms with E-state index >= 15 is 0 Å². The lowest BCUT2D eigenvalue weighted by Crippen LogP contribution is -1.90. The zero-order chi connectivity index (χ0) is 6.24. The molecule has 0 N–H and O–H groups in total. The molecule has 8 heavy (non-hydrogen) atoms. The summed E-state index contributed by atoms with van der Waals surface area (Å²) in [7, 11) is 1.83. The number of methoxy groups -OCH3 is 1. The molecule has 0 atom stereocenters. The fraction of sp³-hybridized carbons (Fsp3) is 0.667. The molecule has 0 fully saturated rings. The molecular weight excluding hydrogens is 116 g/mol. The highest BCUT2D eigenvalue weighted by molar-refractivity contribution is 6.41. The minimum absolute atomic E-state index is 0.0853. The molecule has 0 bridgehead atoms. The van der Waals surface area contributed by atoms with Crippen molar-refractivity contribution in [2.75, 3.05) is 13.7 Å². The van der Waals surface area contributed by atoms with Gasteiger partial charge < -0.3 is 4.74 Å². The second kappa shape index (κ2) is 6.92.